The summed E-state index contributed by atoms with van der Waals surface area (Å²) in [7, 11) is 0. The van der Waals surface area contributed by atoms with Crippen molar-refractivity contribution in [2.24, 2.45) is 0 Å². The van der Waals surface area contributed by atoms with Crippen LogP contribution >= 0.6 is 0 Å². The van der Waals surface area contributed by atoms with Crippen LogP contribution < -0.4 is 5.56 Å². The number of rotatable bonds is 5. The van der Waals surface area contributed by atoms with Gasteiger partial charge in [-0.05, 0) is 55.9 Å². The van der Waals surface area contributed by atoms with Crippen molar-refractivity contribution in [3.63, 3.8) is 0 Å². The number of nitrogens with one attached hydrogen (secondary N) is 1. The third-order valence-corrected chi connectivity index (χ3v) is 6.49. The van der Waals surface area contributed by atoms with E-state index in [1.165, 1.54) is 19.3 Å². The minimum absolute atomic E-state index is 0.0724. The molecule has 31 heavy (non-hydrogen) atoms. The predicted octanol–water partition coefficient (Wildman–Crippen LogP) is 3.69. The van der Waals surface area contributed by atoms with Crippen molar-refractivity contribution in [2.75, 3.05) is 13.1 Å². The summed E-state index contributed by atoms with van der Waals surface area (Å²) in [6.07, 6.45) is 6.77. The lowest BCUT2D eigenvalue weighted by Crippen LogP contribution is -2.42. The van der Waals surface area contributed by atoms with E-state index in [0.29, 0.717) is 29.6 Å². The van der Waals surface area contributed by atoms with Crippen LogP contribution in [-0.2, 0) is 11.2 Å². The van der Waals surface area contributed by atoms with Gasteiger partial charge in [-0.15, -0.1) is 0 Å². The number of aromatic amines is 1. The lowest BCUT2D eigenvalue weighted by atomic mass is 9.95. The maximum atomic E-state index is 13.1. The van der Waals surface area contributed by atoms with Gasteiger partial charge >= 0.3 is 0 Å². The maximum absolute atomic E-state index is 13.1. The number of carbonyl (C=O) groups excluding carboxylic acids is 1. The van der Waals surface area contributed by atoms with E-state index in [2.05, 4.69) is 10.2 Å². The van der Waals surface area contributed by atoms with Gasteiger partial charge in [-0.3, -0.25) is 9.59 Å². The average molecular weight is 418 g/mol. The van der Waals surface area contributed by atoms with Crippen LogP contribution in [0.4, 0.5) is 0 Å². The molecule has 1 aliphatic carbocycles. The molecule has 1 amide bonds. The molecular formula is C25H27N3O3. The largest absolute Gasteiger partial charge is 0.375 e. The van der Waals surface area contributed by atoms with Gasteiger partial charge in [0.2, 0.25) is 0 Å². The molecule has 2 heterocycles. The molecule has 6 nitrogen and oxygen atoms in total. The van der Waals surface area contributed by atoms with Gasteiger partial charge in [0.05, 0.1) is 23.3 Å². The number of hydrogen-bond acceptors (Lipinski definition) is 4. The van der Waals surface area contributed by atoms with Gasteiger partial charge in [-0.2, -0.15) is 5.10 Å². The molecule has 1 aromatic heterocycles. The van der Waals surface area contributed by atoms with Crippen LogP contribution in [0.3, 0.4) is 0 Å². The Morgan fingerprint density at radius 1 is 1.00 bits per heavy atom. The second-order valence-corrected chi connectivity index (χ2v) is 8.60. The number of carbonyl (C=O) groups is 1. The molecule has 0 atom stereocenters. The number of H-pyrrole nitrogens is 1. The first-order chi connectivity index (χ1) is 15.2. The van der Waals surface area contributed by atoms with Crippen LogP contribution in [0.5, 0.6) is 0 Å². The Balaban J connectivity index is 1.28. The minimum atomic E-state index is -0.187. The predicted molar refractivity (Wildman–Crippen MR) is 119 cm³/mol. The fourth-order valence-corrected chi connectivity index (χ4v) is 4.47. The summed E-state index contributed by atoms with van der Waals surface area (Å²) in [6.45, 7) is 1.49. The summed E-state index contributed by atoms with van der Waals surface area (Å²) >= 11 is 0. The van der Waals surface area contributed by atoms with E-state index in [1.807, 2.05) is 47.4 Å². The Kier molecular flexibility index (Phi) is 5.55. The fraction of sp³-hybridized carbons (Fsp3) is 0.400. The molecule has 5 rings (SSSR count). The van der Waals surface area contributed by atoms with Crippen LogP contribution in [0.1, 0.15) is 53.7 Å². The highest BCUT2D eigenvalue weighted by Gasteiger charge is 2.28. The zero-order valence-electron chi connectivity index (χ0n) is 17.5. The fourth-order valence-electron chi connectivity index (χ4n) is 4.47. The number of amides is 1. The summed E-state index contributed by atoms with van der Waals surface area (Å²) in [5.41, 5.74) is 2.31. The molecule has 0 bridgehead atoms. The molecule has 2 fully saturated rings. The van der Waals surface area contributed by atoms with E-state index in [-0.39, 0.29) is 11.5 Å². The monoisotopic (exact) mass is 417 g/mol. The molecule has 0 radical (unpaired) electrons. The summed E-state index contributed by atoms with van der Waals surface area (Å²) in [5.74, 6) is 0.0724. The Morgan fingerprint density at radius 2 is 1.74 bits per heavy atom. The molecule has 3 aromatic rings. The zero-order chi connectivity index (χ0) is 21.2. The maximum Gasteiger partial charge on any atom is 0.272 e. The number of likely N-dealkylation sites (tertiary alicyclic amines) is 1. The number of aromatic nitrogens is 2. The normalized spacial score (nSPS) is 17.6. The van der Waals surface area contributed by atoms with Gasteiger partial charge in [0.15, 0.2) is 0 Å². The molecule has 2 aliphatic rings. The summed E-state index contributed by atoms with van der Waals surface area (Å²) in [5, 5.41) is 8.32. The third-order valence-electron chi connectivity index (χ3n) is 6.49. The van der Waals surface area contributed by atoms with Crippen LogP contribution in [0.2, 0.25) is 0 Å². The van der Waals surface area contributed by atoms with Gasteiger partial charge < -0.3 is 9.64 Å². The number of ether oxygens (including phenoxy) is 1. The van der Waals surface area contributed by atoms with E-state index >= 15 is 0 Å². The van der Waals surface area contributed by atoms with Gasteiger partial charge in [-0.1, -0.05) is 30.3 Å². The zero-order valence-corrected chi connectivity index (χ0v) is 17.5. The standard InChI is InChI=1S/C25H27N3O3/c29-24-22-10-2-1-9-21(22)23(26-27-24)16-17-5-3-6-18(15-17)25(30)28-13-11-20(12-14-28)31-19-7-4-8-19/h1-3,5-6,9-10,15,19-20H,4,7-8,11-14,16H2,(H,27,29). The van der Waals surface area contributed by atoms with Crippen LogP contribution in [0.15, 0.2) is 53.3 Å². The first kappa shape index (κ1) is 19.9. The van der Waals surface area contributed by atoms with Gasteiger partial charge in [0.25, 0.3) is 11.5 Å². The van der Waals surface area contributed by atoms with E-state index in [0.717, 1.165) is 42.6 Å². The molecule has 1 saturated carbocycles. The molecule has 2 aromatic carbocycles. The highest BCUT2D eigenvalue weighted by molar-refractivity contribution is 5.94. The smallest absolute Gasteiger partial charge is 0.272 e. The molecule has 1 saturated heterocycles. The lowest BCUT2D eigenvalue weighted by Gasteiger charge is -2.36. The van der Waals surface area contributed by atoms with Crippen molar-refractivity contribution >= 4 is 16.7 Å². The van der Waals surface area contributed by atoms with Gasteiger partial charge in [-0.25, -0.2) is 5.10 Å². The van der Waals surface area contributed by atoms with Crippen LogP contribution in [-0.4, -0.2) is 46.3 Å². The van der Waals surface area contributed by atoms with Crippen LogP contribution in [0.25, 0.3) is 10.8 Å². The van der Waals surface area contributed by atoms with Crippen molar-refractivity contribution < 1.29 is 9.53 Å². The summed E-state index contributed by atoms with van der Waals surface area (Å²) < 4.78 is 6.12. The van der Waals surface area contributed by atoms with Crippen molar-refractivity contribution in [2.45, 2.75) is 50.7 Å². The SMILES string of the molecule is O=C(c1cccc(Cc2n[nH]c(=O)c3ccccc23)c1)N1CCC(OC2CCC2)CC1. The Hall–Kier alpha value is -2.99. The molecular weight excluding hydrogens is 390 g/mol. The molecule has 6 heteroatoms. The quantitative estimate of drug-likeness (QED) is 0.687. The first-order valence-electron chi connectivity index (χ1n) is 11.2. The lowest BCUT2D eigenvalue weighted by molar-refractivity contribution is -0.0705. The third kappa shape index (κ3) is 4.26. The number of piperidine rings is 1. The summed E-state index contributed by atoms with van der Waals surface area (Å²) in [4.78, 5) is 27.0. The number of fused-ring (bicyclic) bond motifs is 1. The Morgan fingerprint density at radius 3 is 2.48 bits per heavy atom. The van der Waals surface area contributed by atoms with E-state index in [4.69, 9.17) is 4.74 Å². The van der Waals surface area contributed by atoms with E-state index in [9.17, 15) is 9.59 Å². The molecule has 1 N–H and O–H groups in total. The van der Waals surface area contributed by atoms with Crippen LogP contribution in [0, 0.1) is 0 Å². The van der Waals surface area contributed by atoms with Crippen molar-refractivity contribution in [3.8, 4) is 0 Å². The molecule has 0 unspecified atom stereocenters. The van der Waals surface area contributed by atoms with Gasteiger partial charge in [0.1, 0.15) is 0 Å². The highest BCUT2D eigenvalue weighted by atomic mass is 16.5. The molecule has 0 spiro atoms. The minimum Gasteiger partial charge on any atom is -0.375 e. The van der Waals surface area contributed by atoms with E-state index < -0.39 is 0 Å². The Bertz CT molecular complexity index is 1140. The molecule has 1 aliphatic heterocycles. The number of benzene rings is 2. The van der Waals surface area contributed by atoms with Gasteiger partial charge in [0, 0.05) is 30.5 Å². The highest BCUT2D eigenvalue weighted by Crippen LogP contribution is 2.27. The van der Waals surface area contributed by atoms with Crippen molar-refractivity contribution in [1.29, 1.82) is 0 Å². The molecule has 160 valence electrons. The second kappa shape index (κ2) is 8.63. The Labute approximate surface area is 181 Å². The topological polar surface area (TPSA) is 75.3 Å². The second-order valence-electron chi connectivity index (χ2n) is 8.60. The van der Waals surface area contributed by atoms with E-state index in [1.54, 1.807) is 6.07 Å². The first-order valence-corrected chi connectivity index (χ1v) is 11.2. The summed E-state index contributed by atoms with van der Waals surface area (Å²) in [6, 6.07) is 15.2. The number of hydrogen-bond donors (Lipinski definition) is 1. The van der Waals surface area contributed by atoms with Crippen molar-refractivity contribution in [3.05, 3.63) is 75.7 Å². The number of nitrogens with zero attached hydrogens (tertiary/aromatic N) is 2. The van der Waals surface area contributed by atoms with Crippen molar-refractivity contribution in [1.82, 2.24) is 15.1 Å². The average Bonchev–Trinajstić information content (AvgIpc) is 2.78.